The van der Waals surface area contributed by atoms with Gasteiger partial charge in [-0.1, -0.05) is 24.9 Å². The summed E-state index contributed by atoms with van der Waals surface area (Å²) in [6, 6.07) is 5.27. The van der Waals surface area contributed by atoms with E-state index in [-0.39, 0.29) is 11.9 Å². The minimum absolute atomic E-state index is 0.0964. The van der Waals surface area contributed by atoms with Crippen molar-refractivity contribution in [3.63, 3.8) is 0 Å². The van der Waals surface area contributed by atoms with Crippen molar-refractivity contribution in [1.82, 2.24) is 5.32 Å². The van der Waals surface area contributed by atoms with Gasteiger partial charge in [0.05, 0.1) is 11.6 Å². The standard InChI is InChI=1S/C14H20ClNO2/c1-4-6-10(3)16-14(17)11-7-8-13(18-5-2)12(15)9-11/h7-10H,4-6H2,1-3H3,(H,16,17)/t10-/m0/s1. The zero-order valence-corrected chi connectivity index (χ0v) is 11.9. The first-order valence-electron chi connectivity index (χ1n) is 6.31. The molecule has 0 heterocycles. The van der Waals surface area contributed by atoms with E-state index < -0.39 is 0 Å². The molecule has 0 aliphatic carbocycles. The second-order valence-corrected chi connectivity index (χ2v) is 4.65. The van der Waals surface area contributed by atoms with Crippen LogP contribution >= 0.6 is 11.6 Å². The van der Waals surface area contributed by atoms with Crippen molar-refractivity contribution in [2.24, 2.45) is 0 Å². The minimum atomic E-state index is -0.0964. The van der Waals surface area contributed by atoms with Crippen LogP contribution in [0, 0.1) is 0 Å². The molecule has 0 bridgehead atoms. The number of rotatable bonds is 6. The van der Waals surface area contributed by atoms with Gasteiger partial charge in [-0.3, -0.25) is 4.79 Å². The van der Waals surface area contributed by atoms with Crippen molar-refractivity contribution < 1.29 is 9.53 Å². The number of hydrogen-bond donors (Lipinski definition) is 1. The van der Waals surface area contributed by atoms with Crippen LogP contribution in [0.3, 0.4) is 0 Å². The molecule has 0 radical (unpaired) electrons. The predicted molar refractivity (Wildman–Crippen MR) is 74.5 cm³/mol. The molecular formula is C14H20ClNO2. The molecule has 0 fully saturated rings. The Morgan fingerprint density at radius 1 is 1.44 bits per heavy atom. The summed E-state index contributed by atoms with van der Waals surface area (Å²) in [6.45, 7) is 6.54. The smallest absolute Gasteiger partial charge is 0.251 e. The molecule has 1 atom stereocenters. The highest BCUT2D eigenvalue weighted by molar-refractivity contribution is 6.32. The SMILES string of the molecule is CCC[C@H](C)NC(=O)c1ccc(OCC)c(Cl)c1. The summed E-state index contributed by atoms with van der Waals surface area (Å²) in [4.78, 5) is 11.9. The van der Waals surface area contributed by atoms with E-state index in [1.807, 2.05) is 13.8 Å². The Labute approximate surface area is 113 Å². The van der Waals surface area contributed by atoms with E-state index in [0.29, 0.717) is 22.9 Å². The number of nitrogens with one attached hydrogen (secondary N) is 1. The quantitative estimate of drug-likeness (QED) is 0.856. The number of ether oxygens (including phenoxy) is 1. The Kier molecular flexibility index (Phi) is 5.99. The number of hydrogen-bond acceptors (Lipinski definition) is 2. The fourth-order valence-electron chi connectivity index (χ4n) is 1.73. The summed E-state index contributed by atoms with van der Waals surface area (Å²) in [7, 11) is 0. The number of halogens is 1. The Morgan fingerprint density at radius 2 is 2.17 bits per heavy atom. The maximum absolute atomic E-state index is 11.9. The molecule has 1 rings (SSSR count). The fourth-order valence-corrected chi connectivity index (χ4v) is 1.96. The van der Waals surface area contributed by atoms with Gasteiger partial charge >= 0.3 is 0 Å². The monoisotopic (exact) mass is 269 g/mol. The number of benzene rings is 1. The lowest BCUT2D eigenvalue weighted by Gasteiger charge is -2.13. The van der Waals surface area contributed by atoms with Gasteiger partial charge in [-0.05, 0) is 38.5 Å². The van der Waals surface area contributed by atoms with Crippen LogP contribution in [0.25, 0.3) is 0 Å². The van der Waals surface area contributed by atoms with E-state index in [2.05, 4.69) is 12.2 Å². The average Bonchev–Trinajstić information content (AvgIpc) is 2.32. The molecule has 1 N–H and O–H groups in total. The average molecular weight is 270 g/mol. The summed E-state index contributed by atoms with van der Waals surface area (Å²) < 4.78 is 5.33. The van der Waals surface area contributed by atoms with E-state index in [1.165, 1.54) is 0 Å². The molecule has 0 unspecified atom stereocenters. The van der Waals surface area contributed by atoms with Gasteiger partial charge in [0.2, 0.25) is 0 Å². The summed E-state index contributed by atoms with van der Waals surface area (Å²) >= 11 is 6.04. The number of amides is 1. The maximum Gasteiger partial charge on any atom is 0.251 e. The molecule has 100 valence electrons. The summed E-state index contributed by atoms with van der Waals surface area (Å²) in [5, 5.41) is 3.40. The van der Waals surface area contributed by atoms with Crippen LogP contribution in [0.4, 0.5) is 0 Å². The number of carbonyl (C=O) groups is 1. The minimum Gasteiger partial charge on any atom is -0.492 e. The van der Waals surface area contributed by atoms with E-state index in [0.717, 1.165) is 12.8 Å². The second-order valence-electron chi connectivity index (χ2n) is 4.24. The molecule has 0 aromatic heterocycles. The molecular weight excluding hydrogens is 250 g/mol. The first-order chi connectivity index (χ1) is 8.58. The molecule has 0 saturated carbocycles. The highest BCUT2D eigenvalue weighted by Crippen LogP contribution is 2.25. The Morgan fingerprint density at radius 3 is 2.72 bits per heavy atom. The van der Waals surface area contributed by atoms with Crippen LogP contribution in [0.2, 0.25) is 5.02 Å². The summed E-state index contributed by atoms with van der Waals surface area (Å²) in [5.74, 6) is 0.512. The van der Waals surface area contributed by atoms with Crippen LogP contribution in [0.5, 0.6) is 5.75 Å². The van der Waals surface area contributed by atoms with Gasteiger partial charge in [0.25, 0.3) is 5.91 Å². The van der Waals surface area contributed by atoms with E-state index in [1.54, 1.807) is 18.2 Å². The van der Waals surface area contributed by atoms with Gasteiger partial charge in [-0.15, -0.1) is 0 Å². The molecule has 1 amide bonds. The van der Waals surface area contributed by atoms with Crippen molar-refractivity contribution in [2.75, 3.05) is 6.61 Å². The largest absolute Gasteiger partial charge is 0.492 e. The Balaban J connectivity index is 2.72. The summed E-state index contributed by atoms with van der Waals surface area (Å²) in [6.07, 6.45) is 2.02. The van der Waals surface area contributed by atoms with Crippen LogP contribution < -0.4 is 10.1 Å². The normalized spacial score (nSPS) is 12.0. The van der Waals surface area contributed by atoms with E-state index >= 15 is 0 Å². The maximum atomic E-state index is 11.9. The third kappa shape index (κ3) is 4.22. The predicted octanol–water partition coefficient (Wildman–Crippen LogP) is 3.66. The third-order valence-corrected chi connectivity index (χ3v) is 2.89. The van der Waals surface area contributed by atoms with Crippen molar-refractivity contribution >= 4 is 17.5 Å². The van der Waals surface area contributed by atoms with E-state index in [9.17, 15) is 4.79 Å². The lowest BCUT2D eigenvalue weighted by Crippen LogP contribution is -2.32. The summed E-state index contributed by atoms with van der Waals surface area (Å²) in [5.41, 5.74) is 0.561. The Bertz CT molecular complexity index is 407. The lowest BCUT2D eigenvalue weighted by molar-refractivity contribution is 0.0938. The van der Waals surface area contributed by atoms with Crippen molar-refractivity contribution in [1.29, 1.82) is 0 Å². The third-order valence-electron chi connectivity index (χ3n) is 2.59. The lowest BCUT2D eigenvalue weighted by atomic mass is 10.1. The van der Waals surface area contributed by atoms with Gasteiger partial charge in [-0.25, -0.2) is 0 Å². The van der Waals surface area contributed by atoms with Gasteiger partial charge in [0, 0.05) is 11.6 Å². The molecule has 3 nitrogen and oxygen atoms in total. The van der Waals surface area contributed by atoms with Crippen LogP contribution in [0.15, 0.2) is 18.2 Å². The Hall–Kier alpha value is -1.22. The van der Waals surface area contributed by atoms with Crippen molar-refractivity contribution in [2.45, 2.75) is 39.7 Å². The zero-order chi connectivity index (χ0) is 13.5. The van der Waals surface area contributed by atoms with E-state index in [4.69, 9.17) is 16.3 Å². The first-order valence-corrected chi connectivity index (χ1v) is 6.69. The van der Waals surface area contributed by atoms with Gasteiger partial charge in [-0.2, -0.15) is 0 Å². The fraction of sp³-hybridized carbons (Fsp3) is 0.500. The topological polar surface area (TPSA) is 38.3 Å². The number of carbonyl (C=O) groups excluding carboxylic acids is 1. The highest BCUT2D eigenvalue weighted by atomic mass is 35.5. The van der Waals surface area contributed by atoms with Crippen molar-refractivity contribution in [3.8, 4) is 5.75 Å². The van der Waals surface area contributed by atoms with Crippen LogP contribution in [-0.2, 0) is 0 Å². The second kappa shape index (κ2) is 7.27. The molecule has 0 aliphatic rings. The molecule has 0 aliphatic heterocycles. The van der Waals surface area contributed by atoms with Gasteiger partial charge in [0.15, 0.2) is 0 Å². The first kappa shape index (κ1) is 14.8. The van der Waals surface area contributed by atoms with Gasteiger partial charge < -0.3 is 10.1 Å². The van der Waals surface area contributed by atoms with Crippen molar-refractivity contribution in [3.05, 3.63) is 28.8 Å². The molecule has 0 spiro atoms. The molecule has 4 heteroatoms. The van der Waals surface area contributed by atoms with Gasteiger partial charge in [0.1, 0.15) is 5.75 Å². The molecule has 18 heavy (non-hydrogen) atoms. The van der Waals surface area contributed by atoms with Crippen LogP contribution in [0.1, 0.15) is 44.0 Å². The molecule has 0 saturated heterocycles. The highest BCUT2D eigenvalue weighted by Gasteiger charge is 2.11. The molecule has 1 aromatic rings. The van der Waals surface area contributed by atoms with Crippen LogP contribution in [-0.4, -0.2) is 18.6 Å². The zero-order valence-electron chi connectivity index (χ0n) is 11.1. The molecule has 1 aromatic carbocycles.